The summed E-state index contributed by atoms with van der Waals surface area (Å²) in [5.74, 6) is 0.0203. The molecule has 1 saturated heterocycles. The van der Waals surface area contributed by atoms with E-state index in [1.807, 2.05) is 0 Å². The highest BCUT2D eigenvalue weighted by Crippen LogP contribution is 2.19. The van der Waals surface area contributed by atoms with E-state index in [0.29, 0.717) is 12.6 Å². The first-order chi connectivity index (χ1) is 7.68. The van der Waals surface area contributed by atoms with Gasteiger partial charge in [0.05, 0.1) is 5.75 Å². The van der Waals surface area contributed by atoms with E-state index in [9.17, 15) is 8.42 Å². The smallest absolute Gasteiger partial charge is 0.210 e. The minimum Gasteiger partial charge on any atom is -0.313 e. The second kappa shape index (κ2) is 5.65. The molecule has 0 unspecified atom stereocenters. The van der Waals surface area contributed by atoms with Gasteiger partial charge >= 0.3 is 0 Å². The number of likely N-dealkylation sites (tertiary alicyclic amines) is 1. The van der Waals surface area contributed by atoms with Crippen molar-refractivity contribution < 1.29 is 8.42 Å². The van der Waals surface area contributed by atoms with Gasteiger partial charge in [0.2, 0.25) is 10.0 Å². The molecule has 102 valence electrons. The summed E-state index contributed by atoms with van der Waals surface area (Å²) in [6.07, 6.45) is 2.14. The van der Waals surface area contributed by atoms with Gasteiger partial charge < -0.3 is 5.32 Å². The highest BCUT2D eigenvalue weighted by molar-refractivity contribution is 7.89. The second-order valence-electron chi connectivity index (χ2n) is 5.75. The Morgan fingerprint density at radius 3 is 2.24 bits per heavy atom. The predicted molar refractivity (Wildman–Crippen MR) is 70.3 cm³/mol. The molecule has 1 fully saturated rings. The van der Waals surface area contributed by atoms with Crippen LogP contribution in [0.2, 0.25) is 0 Å². The first kappa shape index (κ1) is 14.9. The third kappa shape index (κ3) is 5.81. The van der Waals surface area contributed by atoms with Crippen LogP contribution in [0.1, 0.15) is 33.6 Å². The zero-order valence-electron chi connectivity index (χ0n) is 11.1. The summed E-state index contributed by atoms with van der Waals surface area (Å²) in [5.41, 5.74) is 0.228. The number of nitrogens with two attached hydrogens (primary N) is 1. The fraction of sp³-hybridized carbons (Fsp3) is 1.00. The van der Waals surface area contributed by atoms with Crippen molar-refractivity contribution in [3.05, 3.63) is 0 Å². The van der Waals surface area contributed by atoms with Gasteiger partial charge in [0, 0.05) is 31.2 Å². The molecule has 1 rings (SSSR count). The lowest BCUT2D eigenvalue weighted by Crippen LogP contribution is -2.50. The molecule has 17 heavy (non-hydrogen) atoms. The number of rotatable bonds is 4. The van der Waals surface area contributed by atoms with E-state index in [1.165, 1.54) is 0 Å². The van der Waals surface area contributed by atoms with Crippen LogP contribution >= 0.6 is 0 Å². The monoisotopic (exact) mass is 263 g/mol. The molecule has 0 aromatic rings. The third-order valence-electron chi connectivity index (χ3n) is 3.26. The Morgan fingerprint density at radius 1 is 1.29 bits per heavy atom. The van der Waals surface area contributed by atoms with Crippen LogP contribution in [0.5, 0.6) is 0 Å². The summed E-state index contributed by atoms with van der Waals surface area (Å²) in [6.45, 7) is 9.26. The SMILES string of the molecule is CC(C)(C)N1CCC(NCCS(N)(=O)=O)CC1. The Bertz CT molecular complexity index is 327. The number of primary sulfonamides is 1. The van der Waals surface area contributed by atoms with Crippen molar-refractivity contribution in [2.24, 2.45) is 5.14 Å². The Labute approximate surface area is 105 Å². The van der Waals surface area contributed by atoms with Crippen molar-refractivity contribution in [1.82, 2.24) is 10.2 Å². The van der Waals surface area contributed by atoms with E-state index in [2.05, 4.69) is 31.0 Å². The molecular weight excluding hydrogens is 238 g/mol. The summed E-state index contributed by atoms with van der Waals surface area (Å²) in [5, 5.41) is 8.22. The molecule has 0 bridgehead atoms. The summed E-state index contributed by atoms with van der Waals surface area (Å²) in [4.78, 5) is 2.46. The summed E-state index contributed by atoms with van der Waals surface area (Å²) in [6, 6.07) is 0.426. The van der Waals surface area contributed by atoms with Crippen LogP contribution in [0.4, 0.5) is 0 Å². The van der Waals surface area contributed by atoms with Crippen molar-refractivity contribution in [3.8, 4) is 0 Å². The van der Waals surface area contributed by atoms with E-state index < -0.39 is 10.0 Å². The normalized spacial score (nSPS) is 20.7. The van der Waals surface area contributed by atoms with Crippen LogP contribution in [0, 0.1) is 0 Å². The zero-order valence-corrected chi connectivity index (χ0v) is 11.9. The Hall–Kier alpha value is -0.170. The van der Waals surface area contributed by atoms with Crippen molar-refractivity contribution in [1.29, 1.82) is 0 Å². The van der Waals surface area contributed by atoms with Gasteiger partial charge in [0.25, 0.3) is 0 Å². The van der Waals surface area contributed by atoms with E-state index >= 15 is 0 Å². The van der Waals surface area contributed by atoms with E-state index in [4.69, 9.17) is 5.14 Å². The largest absolute Gasteiger partial charge is 0.313 e. The minimum atomic E-state index is -3.33. The fourth-order valence-corrected chi connectivity index (χ4v) is 2.56. The van der Waals surface area contributed by atoms with Gasteiger partial charge in [-0.1, -0.05) is 0 Å². The van der Waals surface area contributed by atoms with Gasteiger partial charge in [-0.3, -0.25) is 4.90 Å². The van der Waals surface area contributed by atoms with Gasteiger partial charge in [-0.15, -0.1) is 0 Å². The average molecular weight is 263 g/mol. The summed E-state index contributed by atoms with van der Waals surface area (Å²) in [7, 11) is -3.33. The number of nitrogens with zero attached hydrogens (tertiary/aromatic N) is 1. The highest BCUT2D eigenvalue weighted by atomic mass is 32.2. The molecule has 0 atom stereocenters. The highest BCUT2D eigenvalue weighted by Gasteiger charge is 2.26. The van der Waals surface area contributed by atoms with Crippen LogP contribution in [0.15, 0.2) is 0 Å². The number of hydrogen-bond donors (Lipinski definition) is 2. The molecular formula is C11H25N3O2S. The number of piperidine rings is 1. The number of hydrogen-bond acceptors (Lipinski definition) is 4. The maximum Gasteiger partial charge on any atom is 0.210 e. The third-order valence-corrected chi connectivity index (χ3v) is 4.04. The lowest BCUT2D eigenvalue weighted by molar-refractivity contribution is 0.0968. The molecule has 5 nitrogen and oxygen atoms in total. The van der Waals surface area contributed by atoms with Crippen LogP contribution in [-0.2, 0) is 10.0 Å². The molecule has 3 N–H and O–H groups in total. The maximum absolute atomic E-state index is 10.8. The summed E-state index contributed by atoms with van der Waals surface area (Å²) < 4.78 is 21.6. The Kier molecular flexibility index (Phi) is 4.95. The zero-order chi connectivity index (χ0) is 13.1. The van der Waals surface area contributed by atoms with Gasteiger partial charge in [-0.05, 0) is 33.6 Å². The minimum absolute atomic E-state index is 0.0203. The van der Waals surface area contributed by atoms with E-state index in [-0.39, 0.29) is 11.3 Å². The molecule has 6 heteroatoms. The molecule has 0 aromatic carbocycles. The van der Waals surface area contributed by atoms with Crippen LogP contribution in [0.25, 0.3) is 0 Å². The fourth-order valence-electron chi connectivity index (χ4n) is 2.16. The molecule has 0 amide bonds. The van der Waals surface area contributed by atoms with Gasteiger partial charge in [0.1, 0.15) is 0 Å². The average Bonchev–Trinajstić information content (AvgIpc) is 2.15. The molecule has 0 aliphatic carbocycles. The number of nitrogens with one attached hydrogen (secondary N) is 1. The quantitative estimate of drug-likeness (QED) is 0.756. The van der Waals surface area contributed by atoms with Gasteiger partial charge in [-0.2, -0.15) is 0 Å². The van der Waals surface area contributed by atoms with Crippen molar-refractivity contribution in [2.75, 3.05) is 25.4 Å². The van der Waals surface area contributed by atoms with E-state index in [1.54, 1.807) is 0 Å². The van der Waals surface area contributed by atoms with Gasteiger partial charge in [0.15, 0.2) is 0 Å². The second-order valence-corrected chi connectivity index (χ2v) is 7.49. The lowest BCUT2D eigenvalue weighted by atomic mass is 9.98. The Balaban J connectivity index is 2.24. The van der Waals surface area contributed by atoms with E-state index in [0.717, 1.165) is 25.9 Å². The molecule has 0 saturated carbocycles. The van der Waals surface area contributed by atoms with Gasteiger partial charge in [-0.25, -0.2) is 13.6 Å². The first-order valence-corrected chi connectivity index (χ1v) is 7.89. The number of sulfonamides is 1. The standard InChI is InChI=1S/C11H25N3O2S/c1-11(2,3)14-7-4-10(5-8-14)13-6-9-17(12,15)16/h10,13H,4-9H2,1-3H3,(H2,12,15,16). The van der Waals surface area contributed by atoms with Crippen molar-refractivity contribution >= 4 is 10.0 Å². The lowest BCUT2D eigenvalue weighted by Gasteiger charge is -2.41. The Morgan fingerprint density at radius 2 is 1.82 bits per heavy atom. The molecule has 1 aliphatic heterocycles. The van der Waals surface area contributed by atoms with Crippen molar-refractivity contribution in [3.63, 3.8) is 0 Å². The molecule has 0 spiro atoms. The summed E-state index contributed by atoms with van der Waals surface area (Å²) >= 11 is 0. The maximum atomic E-state index is 10.8. The first-order valence-electron chi connectivity index (χ1n) is 6.17. The predicted octanol–water partition coefficient (Wildman–Crippen LogP) is 0.127. The molecule has 0 radical (unpaired) electrons. The topological polar surface area (TPSA) is 75.4 Å². The molecule has 0 aromatic heterocycles. The van der Waals surface area contributed by atoms with Crippen LogP contribution < -0.4 is 10.5 Å². The molecule has 1 aliphatic rings. The van der Waals surface area contributed by atoms with Crippen LogP contribution in [0.3, 0.4) is 0 Å². The van der Waals surface area contributed by atoms with Crippen LogP contribution in [-0.4, -0.2) is 50.3 Å². The van der Waals surface area contributed by atoms with Crippen molar-refractivity contribution in [2.45, 2.75) is 45.2 Å². The molecule has 1 heterocycles.